The van der Waals surface area contributed by atoms with Crippen LogP contribution in [0.5, 0.6) is 0 Å². The highest BCUT2D eigenvalue weighted by molar-refractivity contribution is 8.02. The molecule has 0 atom stereocenters. The number of imidazole rings is 1. The molecule has 0 bridgehead atoms. The zero-order chi connectivity index (χ0) is 10.7. The van der Waals surface area contributed by atoms with E-state index in [1.54, 1.807) is 0 Å². The molecule has 15 heavy (non-hydrogen) atoms. The number of aromatic amines is 1. The van der Waals surface area contributed by atoms with Crippen LogP contribution in [0.1, 0.15) is 0 Å². The zero-order valence-corrected chi connectivity index (χ0v) is 8.49. The molecule has 0 radical (unpaired) electrons. The van der Waals surface area contributed by atoms with Crippen molar-refractivity contribution in [3.8, 4) is 0 Å². The lowest BCUT2D eigenvalue weighted by Crippen LogP contribution is -1.84. The van der Waals surface area contributed by atoms with Gasteiger partial charge in [-0.25, -0.2) is 9.78 Å². The van der Waals surface area contributed by atoms with Gasteiger partial charge < -0.3 is 10.1 Å². The maximum Gasteiger partial charge on any atom is 0.328 e. The molecule has 0 unspecified atom stereocenters. The Kier molecular flexibility index (Phi) is 2.73. The summed E-state index contributed by atoms with van der Waals surface area (Å²) >= 11 is 1.25. The number of hydrogen-bond acceptors (Lipinski definition) is 3. The van der Waals surface area contributed by atoms with E-state index >= 15 is 0 Å². The molecule has 2 aromatic rings. The van der Waals surface area contributed by atoms with Crippen molar-refractivity contribution in [2.45, 2.75) is 5.16 Å². The number of H-pyrrole nitrogens is 1. The fraction of sp³-hybridized carbons (Fsp3) is 0. The third kappa shape index (κ3) is 2.38. The third-order valence-electron chi connectivity index (χ3n) is 1.76. The number of para-hydroxylation sites is 2. The summed E-state index contributed by atoms with van der Waals surface area (Å²) in [7, 11) is 0. The zero-order valence-electron chi connectivity index (χ0n) is 7.68. The fourth-order valence-electron chi connectivity index (χ4n) is 1.14. The molecule has 76 valence electrons. The molecule has 0 spiro atoms. The molecular weight excluding hydrogens is 212 g/mol. The number of carbonyl (C=O) groups is 1. The Hall–Kier alpha value is -1.75. The van der Waals surface area contributed by atoms with Gasteiger partial charge in [0.25, 0.3) is 0 Å². The number of nitrogens with zero attached hydrogens (tertiary/aromatic N) is 1. The van der Waals surface area contributed by atoms with Gasteiger partial charge >= 0.3 is 5.97 Å². The van der Waals surface area contributed by atoms with E-state index in [4.69, 9.17) is 5.11 Å². The molecule has 1 aromatic carbocycles. The van der Waals surface area contributed by atoms with Crippen molar-refractivity contribution in [2.24, 2.45) is 0 Å². The van der Waals surface area contributed by atoms with Crippen molar-refractivity contribution in [2.75, 3.05) is 0 Å². The summed E-state index contributed by atoms with van der Waals surface area (Å²) in [5, 5.41) is 10.6. The van der Waals surface area contributed by atoms with Gasteiger partial charge in [0.2, 0.25) is 0 Å². The molecule has 5 heteroatoms. The number of nitrogens with one attached hydrogen (secondary N) is 1. The van der Waals surface area contributed by atoms with Gasteiger partial charge in [0.15, 0.2) is 5.16 Å². The molecular formula is C10H8N2O2S. The topological polar surface area (TPSA) is 66.0 Å². The van der Waals surface area contributed by atoms with Crippen LogP contribution in [0, 0.1) is 0 Å². The first kappa shape index (κ1) is 9.79. The minimum atomic E-state index is -0.960. The monoisotopic (exact) mass is 220 g/mol. The molecule has 4 nitrogen and oxygen atoms in total. The molecule has 0 aliphatic carbocycles. The van der Waals surface area contributed by atoms with Gasteiger partial charge in [-0.3, -0.25) is 0 Å². The number of benzene rings is 1. The summed E-state index contributed by atoms with van der Waals surface area (Å²) in [6.45, 7) is 0. The molecule has 2 rings (SSSR count). The SMILES string of the molecule is O=C(O)C=CSc1nc2ccccc2[nH]1. The van der Waals surface area contributed by atoms with Crippen molar-refractivity contribution < 1.29 is 9.90 Å². The lowest BCUT2D eigenvalue weighted by Gasteiger charge is -1.85. The van der Waals surface area contributed by atoms with Crippen molar-refractivity contribution in [3.63, 3.8) is 0 Å². The predicted molar refractivity (Wildman–Crippen MR) is 58.7 cm³/mol. The Morgan fingerprint density at radius 1 is 1.47 bits per heavy atom. The largest absolute Gasteiger partial charge is 0.478 e. The maximum absolute atomic E-state index is 10.2. The first-order valence-electron chi connectivity index (χ1n) is 4.26. The molecule has 0 saturated carbocycles. The van der Waals surface area contributed by atoms with Crippen LogP contribution in [-0.2, 0) is 4.79 Å². The van der Waals surface area contributed by atoms with Crippen LogP contribution in [-0.4, -0.2) is 21.0 Å². The first-order chi connectivity index (χ1) is 7.25. The van der Waals surface area contributed by atoms with E-state index in [1.807, 2.05) is 24.3 Å². The number of hydrogen-bond donors (Lipinski definition) is 2. The minimum Gasteiger partial charge on any atom is -0.478 e. The van der Waals surface area contributed by atoms with E-state index in [-0.39, 0.29) is 0 Å². The second-order valence-electron chi connectivity index (χ2n) is 2.82. The molecule has 0 fully saturated rings. The molecule has 2 N–H and O–H groups in total. The maximum atomic E-state index is 10.2. The standard InChI is InChI=1S/C10H8N2O2S/c13-9(14)5-6-15-10-11-7-3-1-2-4-8(7)12-10/h1-6H,(H,11,12)(H,13,14). The highest BCUT2D eigenvalue weighted by atomic mass is 32.2. The second kappa shape index (κ2) is 4.18. The summed E-state index contributed by atoms with van der Waals surface area (Å²) in [5.41, 5.74) is 1.83. The number of carboxylic acids is 1. The molecule has 0 aliphatic heterocycles. The number of thioether (sulfide) groups is 1. The Morgan fingerprint density at radius 2 is 2.27 bits per heavy atom. The van der Waals surface area contributed by atoms with Gasteiger partial charge in [0.05, 0.1) is 11.0 Å². The Balaban J connectivity index is 2.19. The van der Waals surface area contributed by atoms with Crippen molar-refractivity contribution in [3.05, 3.63) is 35.7 Å². The number of rotatable bonds is 3. The lowest BCUT2D eigenvalue weighted by atomic mass is 10.3. The second-order valence-corrected chi connectivity index (χ2v) is 3.71. The number of aromatic nitrogens is 2. The van der Waals surface area contributed by atoms with E-state index < -0.39 is 5.97 Å². The van der Waals surface area contributed by atoms with E-state index in [1.165, 1.54) is 17.2 Å². The van der Waals surface area contributed by atoms with Crippen LogP contribution in [0.4, 0.5) is 0 Å². The van der Waals surface area contributed by atoms with Crippen LogP contribution < -0.4 is 0 Å². The van der Waals surface area contributed by atoms with Crippen LogP contribution in [0.2, 0.25) is 0 Å². The molecule has 0 saturated heterocycles. The summed E-state index contributed by atoms with van der Waals surface area (Å²) < 4.78 is 0. The first-order valence-corrected chi connectivity index (χ1v) is 5.14. The van der Waals surface area contributed by atoms with Crippen molar-refractivity contribution >= 4 is 28.8 Å². The quantitative estimate of drug-likeness (QED) is 0.615. The van der Waals surface area contributed by atoms with E-state index in [9.17, 15) is 4.79 Å². The highest BCUT2D eigenvalue weighted by Crippen LogP contribution is 2.19. The smallest absolute Gasteiger partial charge is 0.328 e. The van der Waals surface area contributed by atoms with Gasteiger partial charge in [-0.05, 0) is 17.5 Å². The number of carboxylic acid groups (broad SMARTS) is 1. The summed E-state index contributed by atoms with van der Waals surface area (Å²) in [5.74, 6) is -0.960. The average molecular weight is 220 g/mol. The normalized spacial score (nSPS) is 11.2. The molecule has 1 aromatic heterocycles. The van der Waals surface area contributed by atoms with Crippen LogP contribution in [0.25, 0.3) is 11.0 Å². The molecule has 1 heterocycles. The van der Waals surface area contributed by atoms with Gasteiger partial charge in [0, 0.05) is 6.08 Å². The van der Waals surface area contributed by atoms with Gasteiger partial charge in [-0.1, -0.05) is 23.9 Å². The Morgan fingerprint density at radius 3 is 3.00 bits per heavy atom. The Bertz CT molecular complexity index is 486. The van der Waals surface area contributed by atoms with E-state index in [0.717, 1.165) is 17.1 Å². The summed E-state index contributed by atoms with van der Waals surface area (Å²) in [4.78, 5) is 17.6. The van der Waals surface area contributed by atoms with E-state index in [0.29, 0.717) is 5.16 Å². The molecule has 0 aliphatic rings. The molecule has 0 amide bonds. The fourth-order valence-corrected chi connectivity index (χ4v) is 1.78. The average Bonchev–Trinajstić information content (AvgIpc) is 2.59. The third-order valence-corrected chi connectivity index (χ3v) is 2.45. The number of aliphatic carboxylic acids is 1. The number of fused-ring (bicyclic) bond motifs is 1. The van der Waals surface area contributed by atoms with Crippen LogP contribution in [0.3, 0.4) is 0 Å². The van der Waals surface area contributed by atoms with Crippen LogP contribution in [0.15, 0.2) is 40.9 Å². The summed E-state index contributed by atoms with van der Waals surface area (Å²) in [6, 6.07) is 7.65. The minimum absolute atomic E-state index is 0.689. The summed E-state index contributed by atoms with van der Waals surface area (Å²) in [6.07, 6.45) is 1.08. The van der Waals surface area contributed by atoms with Crippen molar-refractivity contribution in [1.29, 1.82) is 0 Å². The van der Waals surface area contributed by atoms with Crippen LogP contribution >= 0.6 is 11.8 Å². The van der Waals surface area contributed by atoms with Crippen molar-refractivity contribution in [1.82, 2.24) is 9.97 Å². The highest BCUT2D eigenvalue weighted by Gasteiger charge is 2.00. The predicted octanol–water partition coefficient (Wildman–Crippen LogP) is 2.25. The van der Waals surface area contributed by atoms with Gasteiger partial charge in [-0.15, -0.1) is 0 Å². The lowest BCUT2D eigenvalue weighted by molar-refractivity contribution is -0.131. The Labute approximate surface area is 90.0 Å². The van der Waals surface area contributed by atoms with Gasteiger partial charge in [-0.2, -0.15) is 0 Å². The van der Waals surface area contributed by atoms with E-state index in [2.05, 4.69) is 9.97 Å². The van der Waals surface area contributed by atoms with Gasteiger partial charge in [0.1, 0.15) is 0 Å².